The number of allylic oxidation sites excluding steroid dienone is 5. The Balaban J connectivity index is 1.36. The average Bonchev–Trinajstić information content (AvgIpc) is 3.02. The molecule has 2 aromatic carbocycles. The summed E-state index contributed by atoms with van der Waals surface area (Å²) in [4.78, 5) is 13.6. The summed E-state index contributed by atoms with van der Waals surface area (Å²) in [7, 11) is 2.14. The van der Waals surface area contributed by atoms with Crippen molar-refractivity contribution in [2.24, 2.45) is 0 Å². The number of fused-ring (bicyclic) bond motifs is 2. The first-order valence-electron chi connectivity index (χ1n) is 12.0. The maximum Gasteiger partial charge on any atom is 0.333 e. The third-order valence-corrected chi connectivity index (χ3v) is 6.44. The average molecular weight is 460 g/mol. The second-order valence-electron chi connectivity index (χ2n) is 8.73. The van der Waals surface area contributed by atoms with E-state index >= 15 is 0 Å². The number of hydrogen-bond donors (Lipinski definition) is 1. The molecule has 0 saturated heterocycles. The van der Waals surface area contributed by atoms with Gasteiger partial charge in [0.2, 0.25) is 0 Å². The van der Waals surface area contributed by atoms with Gasteiger partial charge < -0.3 is 14.6 Å². The maximum atomic E-state index is 11.3. The molecule has 0 saturated carbocycles. The minimum absolute atomic E-state index is 0.188. The van der Waals surface area contributed by atoms with E-state index in [0.29, 0.717) is 19.6 Å². The van der Waals surface area contributed by atoms with Gasteiger partial charge in [-0.15, -0.1) is 0 Å². The zero-order valence-electron chi connectivity index (χ0n) is 19.9. The van der Waals surface area contributed by atoms with Crippen molar-refractivity contribution in [1.29, 1.82) is 0 Å². The zero-order chi connectivity index (χ0) is 23.9. The van der Waals surface area contributed by atoms with Crippen LogP contribution in [0.4, 0.5) is 0 Å². The largest absolute Gasteiger partial charge is 0.492 e. The highest BCUT2D eigenvalue weighted by molar-refractivity contribution is 5.78. The van der Waals surface area contributed by atoms with Crippen molar-refractivity contribution in [1.82, 2.24) is 4.90 Å². The molecule has 0 fully saturated rings. The van der Waals surface area contributed by atoms with Gasteiger partial charge in [0.1, 0.15) is 12.4 Å². The van der Waals surface area contributed by atoms with E-state index < -0.39 is 12.1 Å². The van der Waals surface area contributed by atoms with E-state index in [-0.39, 0.29) is 6.04 Å². The number of carboxylic acid groups (broad SMARTS) is 1. The number of nitrogens with zero attached hydrogens (tertiary/aromatic N) is 1. The summed E-state index contributed by atoms with van der Waals surface area (Å²) < 4.78 is 11.3. The Labute approximate surface area is 202 Å². The fourth-order valence-corrected chi connectivity index (χ4v) is 4.64. The molecule has 4 rings (SSSR count). The number of hydrogen-bond acceptors (Lipinski definition) is 4. The number of carboxylic acids is 1. The molecular formula is C29H33NO4. The van der Waals surface area contributed by atoms with Crippen LogP contribution in [0.1, 0.15) is 42.5 Å². The van der Waals surface area contributed by atoms with Crippen LogP contribution in [0.25, 0.3) is 5.57 Å². The van der Waals surface area contributed by atoms with Gasteiger partial charge in [-0.3, -0.25) is 4.90 Å². The lowest BCUT2D eigenvalue weighted by Crippen LogP contribution is -2.28. The molecule has 0 bridgehead atoms. The molecule has 2 atom stereocenters. The van der Waals surface area contributed by atoms with E-state index in [4.69, 9.17) is 9.47 Å². The van der Waals surface area contributed by atoms with Gasteiger partial charge in [-0.2, -0.15) is 0 Å². The van der Waals surface area contributed by atoms with Crippen LogP contribution in [0.5, 0.6) is 5.75 Å². The van der Waals surface area contributed by atoms with Gasteiger partial charge in [-0.1, -0.05) is 60.7 Å². The van der Waals surface area contributed by atoms with Crippen LogP contribution in [-0.2, 0) is 16.0 Å². The maximum absolute atomic E-state index is 11.3. The van der Waals surface area contributed by atoms with E-state index in [9.17, 15) is 9.90 Å². The topological polar surface area (TPSA) is 59.0 Å². The minimum atomic E-state index is -0.938. The number of ether oxygens (including phenoxy) is 2. The highest BCUT2D eigenvalue weighted by Gasteiger charge is 2.23. The molecular weight excluding hydrogens is 426 g/mol. The van der Waals surface area contributed by atoms with Crippen LogP contribution in [0.15, 0.2) is 78.4 Å². The molecule has 0 aliphatic heterocycles. The van der Waals surface area contributed by atoms with Crippen molar-refractivity contribution in [2.75, 3.05) is 26.8 Å². The SMILES string of the molecule is CCOC(Cc1ccc(OCCN(C)C2C=CC3=C(CCC=C3)c3ccccc32)cc1)C(=O)O. The quantitative estimate of drug-likeness (QED) is 0.512. The highest BCUT2D eigenvalue weighted by Crippen LogP contribution is 2.38. The highest BCUT2D eigenvalue weighted by atomic mass is 16.5. The van der Waals surface area contributed by atoms with Gasteiger partial charge in [-0.05, 0) is 66.8 Å². The second kappa shape index (κ2) is 11.3. The standard InChI is InChI=1S/C29H33NO4/c1-3-33-28(29(31)32)20-21-12-15-23(16-13-21)34-19-18-30(2)27-17-14-22-8-4-5-9-24(22)25-10-6-7-11-26(25)27/h4,6-8,10-17,27-28H,3,5,9,18-20H2,1-2H3,(H,31,32). The fourth-order valence-electron chi connectivity index (χ4n) is 4.64. The van der Waals surface area contributed by atoms with Crippen LogP contribution in [0.3, 0.4) is 0 Å². The Morgan fingerprint density at radius 3 is 2.71 bits per heavy atom. The second-order valence-corrected chi connectivity index (χ2v) is 8.73. The van der Waals surface area contributed by atoms with Gasteiger partial charge in [0.25, 0.3) is 0 Å². The predicted molar refractivity (Wildman–Crippen MR) is 135 cm³/mol. The summed E-state index contributed by atoms with van der Waals surface area (Å²) in [6, 6.07) is 16.5. The Hall–Kier alpha value is -3.15. The van der Waals surface area contributed by atoms with Crippen LogP contribution < -0.4 is 4.74 Å². The third-order valence-electron chi connectivity index (χ3n) is 6.44. The zero-order valence-corrected chi connectivity index (χ0v) is 19.9. The third kappa shape index (κ3) is 5.66. The van der Waals surface area contributed by atoms with Gasteiger partial charge in [-0.25, -0.2) is 4.79 Å². The van der Waals surface area contributed by atoms with Crippen molar-refractivity contribution in [3.05, 3.63) is 95.1 Å². The molecule has 34 heavy (non-hydrogen) atoms. The van der Waals surface area contributed by atoms with Crippen LogP contribution in [0.2, 0.25) is 0 Å². The summed E-state index contributed by atoms with van der Waals surface area (Å²) in [6.45, 7) is 3.51. The van der Waals surface area contributed by atoms with Crippen molar-refractivity contribution < 1.29 is 19.4 Å². The minimum Gasteiger partial charge on any atom is -0.492 e. The van der Waals surface area contributed by atoms with Gasteiger partial charge in [0.15, 0.2) is 6.10 Å². The van der Waals surface area contributed by atoms with E-state index in [1.54, 1.807) is 6.92 Å². The van der Waals surface area contributed by atoms with Crippen molar-refractivity contribution in [3.8, 4) is 5.75 Å². The number of likely N-dealkylation sites (N-methyl/N-ethyl adjacent to an activating group) is 1. The molecule has 2 aliphatic rings. The molecule has 0 spiro atoms. The van der Waals surface area contributed by atoms with E-state index in [2.05, 4.69) is 60.5 Å². The normalized spacial score (nSPS) is 17.8. The molecule has 2 aromatic rings. The van der Waals surface area contributed by atoms with E-state index in [0.717, 1.165) is 30.7 Å². The van der Waals surface area contributed by atoms with Gasteiger partial charge >= 0.3 is 5.97 Å². The smallest absolute Gasteiger partial charge is 0.333 e. The summed E-state index contributed by atoms with van der Waals surface area (Å²) >= 11 is 0. The molecule has 2 aliphatic carbocycles. The van der Waals surface area contributed by atoms with Crippen LogP contribution in [0, 0.1) is 0 Å². The first kappa shape index (κ1) is 24.0. The summed E-state index contributed by atoms with van der Waals surface area (Å²) in [5.74, 6) is -0.161. The summed E-state index contributed by atoms with van der Waals surface area (Å²) in [5.41, 5.74) is 6.37. The van der Waals surface area contributed by atoms with E-state index in [1.807, 2.05) is 24.3 Å². The molecule has 178 valence electrons. The summed E-state index contributed by atoms with van der Waals surface area (Å²) in [6.07, 6.45) is 10.8. The lowest BCUT2D eigenvalue weighted by Gasteiger charge is -2.27. The first-order valence-corrected chi connectivity index (χ1v) is 12.0. The van der Waals surface area contributed by atoms with Gasteiger partial charge in [0, 0.05) is 19.6 Å². The monoisotopic (exact) mass is 459 g/mol. The first-order chi connectivity index (χ1) is 16.6. The lowest BCUT2D eigenvalue weighted by molar-refractivity contribution is -0.149. The lowest BCUT2D eigenvalue weighted by atomic mass is 9.89. The fraction of sp³-hybridized carbons (Fsp3) is 0.345. The van der Waals surface area contributed by atoms with Gasteiger partial charge in [0.05, 0.1) is 6.04 Å². The Kier molecular flexibility index (Phi) is 7.99. The number of aliphatic carboxylic acids is 1. The Morgan fingerprint density at radius 1 is 1.15 bits per heavy atom. The Bertz CT molecular complexity index is 1080. The van der Waals surface area contributed by atoms with Crippen molar-refractivity contribution >= 4 is 11.5 Å². The molecule has 0 radical (unpaired) electrons. The molecule has 0 aromatic heterocycles. The molecule has 1 N–H and O–H groups in total. The molecule has 2 unspecified atom stereocenters. The molecule has 5 nitrogen and oxygen atoms in total. The predicted octanol–water partition coefficient (Wildman–Crippen LogP) is 5.44. The molecule has 5 heteroatoms. The Morgan fingerprint density at radius 2 is 1.94 bits per heavy atom. The van der Waals surface area contributed by atoms with Crippen molar-refractivity contribution in [3.63, 3.8) is 0 Å². The summed E-state index contributed by atoms with van der Waals surface area (Å²) in [5, 5.41) is 9.27. The molecule has 0 amide bonds. The number of rotatable bonds is 10. The number of benzene rings is 2. The number of carbonyl (C=O) groups is 1. The van der Waals surface area contributed by atoms with Crippen LogP contribution in [-0.4, -0.2) is 48.9 Å². The van der Waals surface area contributed by atoms with Crippen molar-refractivity contribution in [2.45, 2.75) is 38.3 Å². The van der Waals surface area contributed by atoms with E-state index in [1.165, 1.54) is 22.3 Å². The van der Waals surface area contributed by atoms with Crippen LogP contribution >= 0.6 is 0 Å². The molecule has 0 heterocycles.